The molecule has 1 heterocycles. The summed E-state index contributed by atoms with van der Waals surface area (Å²) in [6.45, 7) is 6.24. The maximum atomic E-state index is 12.7. The van der Waals surface area contributed by atoms with Crippen LogP contribution in [0.5, 0.6) is 5.75 Å². The highest BCUT2D eigenvalue weighted by Gasteiger charge is 2.23. The molecule has 138 valence electrons. The molecule has 1 aromatic rings. The van der Waals surface area contributed by atoms with Gasteiger partial charge in [0.1, 0.15) is 5.75 Å². The molecule has 0 spiro atoms. The molecule has 1 aromatic carbocycles. The minimum atomic E-state index is -0.0687. The smallest absolute Gasteiger partial charge is 0.317 e. The van der Waals surface area contributed by atoms with Gasteiger partial charge in [0.15, 0.2) is 0 Å². The first-order valence-corrected chi connectivity index (χ1v) is 8.94. The van der Waals surface area contributed by atoms with E-state index in [4.69, 9.17) is 16.3 Å². The lowest BCUT2D eigenvalue weighted by Gasteiger charge is -2.23. The van der Waals surface area contributed by atoms with E-state index in [0.717, 1.165) is 12.0 Å². The molecular formula is C18H26ClN3O3. The topological polar surface area (TPSA) is 61.9 Å². The van der Waals surface area contributed by atoms with Crippen molar-refractivity contribution in [3.8, 4) is 5.75 Å². The van der Waals surface area contributed by atoms with Gasteiger partial charge in [0.25, 0.3) is 0 Å². The van der Waals surface area contributed by atoms with Crippen LogP contribution in [-0.4, -0.2) is 61.1 Å². The molecule has 3 amide bonds. The zero-order valence-corrected chi connectivity index (χ0v) is 15.8. The average Bonchev–Trinajstić information content (AvgIpc) is 2.80. The fraction of sp³-hybridized carbons (Fsp3) is 0.556. The predicted molar refractivity (Wildman–Crippen MR) is 98.1 cm³/mol. The first kappa shape index (κ1) is 19.4. The fourth-order valence-corrected chi connectivity index (χ4v) is 3.06. The zero-order chi connectivity index (χ0) is 18.4. The minimum absolute atomic E-state index is 0.0201. The molecule has 6 nitrogen and oxygen atoms in total. The van der Waals surface area contributed by atoms with Gasteiger partial charge in [-0.05, 0) is 38.5 Å². The first-order valence-electron chi connectivity index (χ1n) is 8.56. The van der Waals surface area contributed by atoms with Crippen LogP contribution in [0.25, 0.3) is 0 Å². The highest BCUT2D eigenvalue weighted by Crippen LogP contribution is 2.23. The lowest BCUT2D eigenvalue weighted by Crippen LogP contribution is -2.45. The third kappa shape index (κ3) is 5.53. The van der Waals surface area contributed by atoms with Crippen LogP contribution >= 0.6 is 11.6 Å². The summed E-state index contributed by atoms with van der Waals surface area (Å²) < 4.78 is 5.31. The molecular weight excluding hydrogens is 342 g/mol. The zero-order valence-electron chi connectivity index (χ0n) is 15.0. The number of urea groups is 1. The molecule has 0 unspecified atom stereocenters. The SMILES string of the molecule is COc1ccc(Cl)cc1CC(=O)N1CCCN(C(=O)NC(C)C)CC1. The van der Waals surface area contributed by atoms with Crippen molar-refractivity contribution in [2.24, 2.45) is 0 Å². The Balaban J connectivity index is 1.97. The average molecular weight is 368 g/mol. The molecule has 1 saturated heterocycles. The van der Waals surface area contributed by atoms with Gasteiger partial charge in [0, 0.05) is 42.8 Å². The van der Waals surface area contributed by atoms with Gasteiger partial charge in [-0.2, -0.15) is 0 Å². The van der Waals surface area contributed by atoms with E-state index in [1.807, 2.05) is 18.7 Å². The number of nitrogens with one attached hydrogen (secondary N) is 1. The van der Waals surface area contributed by atoms with E-state index in [2.05, 4.69) is 5.32 Å². The summed E-state index contributed by atoms with van der Waals surface area (Å²) in [6, 6.07) is 5.31. The Morgan fingerprint density at radius 1 is 1.20 bits per heavy atom. The summed E-state index contributed by atoms with van der Waals surface area (Å²) in [5, 5.41) is 3.48. The number of hydrogen-bond acceptors (Lipinski definition) is 3. The Hall–Kier alpha value is -1.95. The van der Waals surface area contributed by atoms with Gasteiger partial charge in [-0.15, -0.1) is 0 Å². The van der Waals surface area contributed by atoms with Crippen molar-refractivity contribution in [3.05, 3.63) is 28.8 Å². The Labute approximate surface area is 154 Å². The Kier molecular flexibility index (Phi) is 6.93. The number of rotatable bonds is 4. The molecule has 1 aliphatic rings. The summed E-state index contributed by atoms with van der Waals surface area (Å²) in [6.07, 6.45) is 1.01. The minimum Gasteiger partial charge on any atom is -0.496 e. The van der Waals surface area contributed by atoms with Crippen LogP contribution in [0.15, 0.2) is 18.2 Å². The van der Waals surface area contributed by atoms with Crippen LogP contribution in [0, 0.1) is 0 Å². The van der Waals surface area contributed by atoms with E-state index in [9.17, 15) is 9.59 Å². The molecule has 0 saturated carbocycles. The van der Waals surface area contributed by atoms with Crippen LogP contribution in [0.1, 0.15) is 25.8 Å². The quantitative estimate of drug-likeness (QED) is 0.889. The molecule has 0 aromatic heterocycles. The maximum absolute atomic E-state index is 12.7. The molecule has 0 atom stereocenters. The van der Waals surface area contributed by atoms with Crippen LogP contribution in [0.4, 0.5) is 4.79 Å². The van der Waals surface area contributed by atoms with Crippen molar-refractivity contribution in [2.45, 2.75) is 32.7 Å². The van der Waals surface area contributed by atoms with Crippen molar-refractivity contribution in [1.29, 1.82) is 0 Å². The number of carbonyl (C=O) groups is 2. The first-order chi connectivity index (χ1) is 11.9. The summed E-state index contributed by atoms with van der Waals surface area (Å²) in [5.41, 5.74) is 0.777. The largest absolute Gasteiger partial charge is 0.496 e. The molecule has 7 heteroatoms. The molecule has 25 heavy (non-hydrogen) atoms. The molecule has 1 aliphatic heterocycles. The van der Waals surface area contributed by atoms with Crippen molar-refractivity contribution in [2.75, 3.05) is 33.3 Å². The second kappa shape index (κ2) is 8.94. The van der Waals surface area contributed by atoms with Gasteiger partial charge in [-0.3, -0.25) is 4.79 Å². The number of methoxy groups -OCH3 is 1. The van der Waals surface area contributed by atoms with Gasteiger partial charge in [0.05, 0.1) is 13.5 Å². The van der Waals surface area contributed by atoms with Gasteiger partial charge in [-0.1, -0.05) is 11.6 Å². The van der Waals surface area contributed by atoms with E-state index in [1.54, 1.807) is 30.2 Å². The van der Waals surface area contributed by atoms with Crippen LogP contribution in [0.2, 0.25) is 5.02 Å². The van der Waals surface area contributed by atoms with Crippen molar-refractivity contribution < 1.29 is 14.3 Å². The normalized spacial score (nSPS) is 15.1. The summed E-state index contributed by atoms with van der Waals surface area (Å²) >= 11 is 6.03. The van der Waals surface area contributed by atoms with Gasteiger partial charge >= 0.3 is 6.03 Å². The van der Waals surface area contributed by atoms with E-state index >= 15 is 0 Å². The van der Waals surface area contributed by atoms with Crippen molar-refractivity contribution in [3.63, 3.8) is 0 Å². The molecule has 1 N–H and O–H groups in total. The Morgan fingerprint density at radius 3 is 2.56 bits per heavy atom. The molecule has 0 bridgehead atoms. The third-order valence-corrected chi connectivity index (χ3v) is 4.37. The number of halogens is 1. The molecule has 2 rings (SSSR count). The van der Waals surface area contributed by atoms with Gasteiger partial charge in [0.2, 0.25) is 5.91 Å². The molecule has 0 aliphatic carbocycles. The van der Waals surface area contributed by atoms with Crippen LogP contribution in [-0.2, 0) is 11.2 Å². The predicted octanol–water partition coefficient (Wildman–Crippen LogP) is 2.54. The summed E-state index contributed by atoms with van der Waals surface area (Å²) in [5.74, 6) is 0.678. The number of hydrogen-bond donors (Lipinski definition) is 1. The van der Waals surface area contributed by atoms with Crippen molar-refractivity contribution in [1.82, 2.24) is 15.1 Å². The standard InChI is InChI=1S/C18H26ClN3O3/c1-13(2)20-18(24)22-8-4-7-21(9-10-22)17(23)12-14-11-15(19)5-6-16(14)25-3/h5-6,11,13H,4,7-10,12H2,1-3H3,(H,20,24). The number of benzene rings is 1. The number of nitrogens with zero attached hydrogens (tertiary/aromatic N) is 2. The molecule has 0 radical (unpaired) electrons. The number of ether oxygens (including phenoxy) is 1. The fourth-order valence-electron chi connectivity index (χ4n) is 2.87. The maximum Gasteiger partial charge on any atom is 0.317 e. The van der Waals surface area contributed by atoms with Crippen LogP contribution < -0.4 is 10.1 Å². The summed E-state index contributed by atoms with van der Waals surface area (Å²) in [4.78, 5) is 28.4. The van der Waals surface area contributed by atoms with Crippen LogP contribution in [0.3, 0.4) is 0 Å². The van der Waals surface area contributed by atoms with E-state index in [0.29, 0.717) is 37.0 Å². The monoisotopic (exact) mass is 367 g/mol. The van der Waals surface area contributed by atoms with E-state index < -0.39 is 0 Å². The summed E-state index contributed by atoms with van der Waals surface area (Å²) in [7, 11) is 1.58. The van der Waals surface area contributed by atoms with Gasteiger partial charge < -0.3 is 19.9 Å². The van der Waals surface area contributed by atoms with E-state index in [1.165, 1.54) is 0 Å². The highest BCUT2D eigenvalue weighted by molar-refractivity contribution is 6.30. The number of amides is 3. The lowest BCUT2D eigenvalue weighted by molar-refractivity contribution is -0.130. The Bertz CT molecular complexity index is 622. The third-order valence-electron chi connectivity index (χ3n) is 4.13. The second-order valence-electron chi connectivity index (χ2n) is 6.46. The van der Waals surface area contributed by atoms with Crippen molar-refractivity contribution >= 4 is 23.5 Å². The lowest BCUT2D eigenvalue weighted by atomic mass is 10.1. The molecule has 1 fully saturated rings. The highest BCUT2D eigenvalue weighted by atomic mass is 35.5. The van der Waals surface area contributed by atoms with Gasteiger partial charge in [-0.25, -0.2) is 4.79 Å². The Morgan fingerprint density at radius 2 is 1.88 bits per heavy atom. The number of carbonyl (C=O) groups excluding carboxylic acids is 2. The van der Waals surface area contributed by atoms with E-state index in [-0.39, 0.29) is 24.4 Å². The second-order valence-corrected chi connectivity index (χ2v) is 6.89.